The predicted molar refractivity (Wildman–Crippen MR) is 62.5 cm³/mol. The number of hydrogen-bond donors (Lipinski definition) is 0. The lowest BCUT2D eigenvalue weighted by atomic mass is 9.97. The summed E-state index contributed by atoms with van der Waals surface area (Å²) >= 11 is 0. The molecule has 0 aromatic heterocycles. The van der Waals surface area contributed by atoms with Gasteiger partial charge in [0.2, 0.25) is 0 Å². The van der Waals surface area contributed by atoms with Crippen LogP contribution in [0.1, 0.15) is 17.5 Å². The molecule has 0 saturated heterocycles. The fourth-order valence-electron chi connectivity index (χ4n) is 2.27. The van der Waals surface area contributed by atoms with Crippen molar-refractivity contribution in [2.45, 2.75) is 12.8 Å². The monoisotopic (exact) mass is 209 g/mol. The highest BCUT2D eigenvalue weighted by atomic mass is 16.5. The normalized spacial score (nSPS) is 13.9. The molecule has 0 spiro atoms. The Kier molecular flexibility index (Phi) is 2.04. The van der Waals surface area contributed by atoms with E-state index in [0.717, 1.165) is 30.6 Å². The molecule has 0 amide bonds. The molecule has 2 nitrogen and oxygen atoms in total. The maximum atomic E-state index is 8.86. The van der Waals surface area contributed by atoms with Gasteiger partial charge in [0.1, 0.15) is 5.75 Å². The Balaban J connectivity index is 2.29. The third-order valence-electron chi connectivity index (χ3n) is 3.05. The summed E-state index contributed by atoms with van der Waals surface area (Å²) in [5.74, 6) is 1.00. The van der Waals surface area contributed by atoms with Crippen molar-refractivity contribution in [2.24, 2.45) is 0 Å². The smallest absolute Gasteiger partial charge is 0.123 e. The summed E-state index contributed by atoms with van der Waals surface area (Å²) in [4.78, 5) is 0. The first kappa shape index (κ1) is 9.23. The molecule has 2 aromatic rings. The van der Waals surface area contributed by atoms with Crippen molar-refractivity contribution in [3.05, 3.63) is 41.5 Å². The van der Waals surface area contributed by atoms with E-state index in [-0.39, 0.29) is 0 Å². The van der Waals surface area contributed by atoms with E-state index in [1.807, 2.05) is 30.3 Å². The number of benzene rings is 2. The van der Waals surface area contributed by atoms with Crippen molar-refractivity contribution in [2.75, 3.05) is 6.61 Å². The lowest BCUT2D eigenvalue weighted by Gasteiger charge is -2.18. The maximum absolute atomic E-state index is 8.86. The van der Waals surface area contributed by atoms with Crippen LogP contribution in [0.25, 0.3) is 10.8 Å². The average Bonchev–Trinajstić information content (AvgIpc) is 2.38. The molecule has 3 rings (SSSR count). The number of rotatable bonds is 0. The minimum absolute atomic E-state index is 0.712. The second-order valence-electron chi connectivity index (χ2n) is 4.04. The Morgan fingerprint density at radius 3 is 3.00 bits per heavy atom. The Labute approximate surface area is 94.1 Å². The van der Waals surface area contributed by atoms with E-state index in [2.05, 4.69) is 6.07 Å². The van der Waals surface area contributed by atoms with E-state index in [1.54, 1.807) is 0 Å². The summed E-state index contributed by atoms with van der Waals surface area (Å²) in [6, 6.07) is 12.0. The molecule has 1 heterocycles. The van der Waals surface area contributed by atoms with Crippen LogP contribution < -0.4 is 4.74 Å². The van der Waals surface area contributed by atoms with Gasteiger partial charge in [0.15, 0.2) is 0 Å². The van der Waals surface area contributed by atoms with Gasteiger partial charge in [-0.3, -0.25) is 0 Å². The lowest BCUT2D eigenvalue weighted by Crippen LogP contribution is -2.08. The van der Waals surface area contributed by atoms with Crippen molar-refractivity contribution < 1.29 is 4.74 Å². The summed E-state index contributed by atoms with van der Waals surface area (Å²) < 4.78 is 5.62. The van der Waals surface area contributed by atoms with Gasteiger partial charge >= 0.3 is 0 Å². The van der Waals surface area contributed by atoms with Crippen LogP contribution in [0.3, 0.4) is 0 Å². The zero-order chi connectivity index (χ0) is 11.0. The fraction of sp³-hybridized carbons (Fsp3) is 0.214. The van der Waals surface area contributed by atoms with Gasteiger partial charge < -0.3 is 4.74 Å². The van der Waals surface area contributed by atoms with Crippen molar-refractivity contribution in [3.63, 3.8) is 0 Å². The van der Waals surface area contributed by atoms with Gasteiger partial charge in [-0.1, -0.05) is 12.1 Å². The Hall–Kier alpha value is -2.01. The van der Waals surface area contributed by atoms with E-state index >= 15 is 0 Å². The molecular formula is C14H11NO. The van der Waals surface area contributed by atoms with Gasteiger partial charge in [0.05, 0.1) is 18.2 Å². The third kappa shape index (κ3) is 1.33. The number of fused-ring (bicyclic) bond motifs is 3. The minimum atomic E-state index is 0.712. The topological polar surface area (TPSA) is 33.0 Å². The molecule has 0 atom stereocenters. The zero-order valence-electron chi connectivity index (χ0n) is 8.86. The van der Waals surface area contributed by atoms with Gasteiger partial charge in [0, 0.05) is 5.56 Å². The standard InChI is InChI=1S/C14H11NO/c15-9-10-3-5-12-11(8-10)4-6-14-13(12)2-1-7-16-14/h3-6,8H,1-2,7H2. The van der Waals surface area contributed by atoms with E-state index in [1.165, 1.54) is 10.9 Å². The molecule has 0 aliphatic carbocycles. The van der Waals surface area contributed by atoms with Crippen LogP contribution in [0.15, 0.2) is 30.3 Å². The Bertz CT molecular complexity index is 595. The van der Waals surface area contributed by atoms with E-state index in [4.69, 9.17) is 10.00 Å². The molecule has 1 aliphatic rings. The molecular weight excluding hydrogens is 198 g/mol. The molecule has 2 aromatic carbocycles. The SMILES string of the molecule is N#Cc1ccc2c3c(ccc2c1)OCCC3. The van der Waals surface area contributed by atoms with Crippen LogP contribution in [-0.2, 0) is 6.42 Å². The number of nitrogens with zero attached hydrogens (tertiary/aromatic N) is 1. The first-order chi connectivity index (χ1) is 7.88. The maximum Gasteiger partial charge on any atom is 0.123 e. The highest BCUT2D eigenvalue weighted by molar-refractivity contribution is 5.89. The van der Waals surface area contributed by atoms with Crippen molar-refractivity contribution in [1.82, 2.24) is 0 Å². The van der Waals surface area contributed by atoms with Crippen LogP contribution in [-0.4, -0.2) is 6.61 Å². The number of hydrogen-bond acceptors (Lipinski definition) is 2. The molecule has 0 fully saturated rings. The second-order valence-corrected chi connectivity index (χ2v) is 4.04. The zero-order valence-corrected chi connectivity index (χ0v) is 8.86. The molecule has 0 unspecified atom stereocenters. The second kappa shape index (κ2) is 3.53. The van der Waals surface area contributed by atoms with E-state index in [9.17, 15) is 0 Å². The fourth-order valence-corrected chi connectivity index (χ4v) is 2.27. The van der Waals surface area contributed by atoms with Gasteiger partial charge in [-0.15, -0.1) is 0 Å². The molecule has 78 valence electrons. The van der Waals surface area contributed by atoms with Crippen molar-refractivity contribution in [1.29, 1.82) is 5.26 Å². The molecule has 0 N–H and O–H groups in total. The first-order valence-corrected chi connectivity index (χ1v) is 5.47. The van der Waals surface area contributed by atoms with Crippen LogP contribution in [0.5, 0.6) is 5.75 Å². The highest BCUT2D eigenvalue weighted by Gasteiger charge is 2.13. The summed E-state index contributed by atoms with van der Waals surface area (Å²) in [5, 5.41) is 11.2. The third-order valence-corrected chi connectivity index (χ3v) is 3.05. The summed E-state index contributed by atoms with van der Waals surface area (Å²) in [5.41, 5.74) is 2.00. The van der Waals surface area contributed by atoms with E-state index < -0.39 is 0 Å². The van der Waals surface area contributed by atoms with Crippen LogP contribution in [0.4, 0.5) is 0 Å². The molecule has 0 bridgehead atoms. The molecule has 1 aliphatic heterocycles. The Morgan fingerprint density at radius 2 is 2.12 bits per heavy atom. The number of nitriles is 1. The van der Waals surface area contributed by atoms with Crippen LogP contribution in [0.2, 0.25) is 0 Å². The van der Waals surface area contributed by atoms with Gasteiger partial charge in [-0.05, 0) is 41.8 Å². The highest BCUT2D eigenvalue weighted by Crippen LogP contribution is 2.32. The molecule has 16 heavy (non-hydrogen) atoms. The van der Waals surface area contributed by atoms with Gasteiger partial charge in [-0.25, -0.2) is 0 Å². The predicted octanol–water partition coefficient (Wildman–Crippen LogP) is 3.04. The lowest BCUT2D eigenvalue weighted by molar-refractivity contribution is 0.289. The minimum Gasteiger partial charge on any atom is -0.493 e. The first-order valence-electron chi connectivity index (χ1n) is 5.47. The van der Waals surface area contributed by atoms with Crippen LogP contribution >= 0.6 is 0 Å². The quantitative estimate of drug-likeness (QED) is 0.668. The molecule has 0 saturated carbocycles. The largest absolute Gasteiger partial charge is 0.493 e. The van der Waals surface area contributed by atoms with Gasteiger partial charge in [-0.2, -0.15) is 5.26 Å². The Morgan fingerprint density at radius 1 is 1.19 bits per heavy atom. The molecule has 0 radical (unpaired) electrons. The van der Waals surface area contributed by atoms with Gasteiger partial charge in [0.25, 0.3) is 0 Å². The molecule has 2 heteroatoms. The van der Waals surface area contributed by atoms with Crippen molar-refractivity contribution in [3.8, 4) is 11.8 Å². The summed E-state index contributed by atoms with van der Waals surface area (Å²) in [6.07, 6.45) is 2.14. The summed E-state index contributed by atoms with van der Waals surface area (Å²) in [7, 11) is 0. The van der Waals surface area contributed by atoms with E-state index in [0.29, 0.717) is 5.56 Å². The average molecular weight is 209 g/mol. The van der Waals surface area contributed by atoms with Crippen LogP contribution in [0, 0.1) is 11.3 Å². The summed E-state index contributed by atoms with van der Waals surface area (Å²) in [6.45, 7) is 0.814. The number of aryl methyl sites for hydroxylation is 1. The van der Waals surface area contributed by atoms with Crippen molar-refractivity contribution >= 4 is 10.8 Å². The number of ether oxygens (including phenoxy) is 1.